The monoisotopic (exact) mass is 347 g/mol. The third kappa shape index (κ3) is 4.08. The Morgan fingerprint density at radius 2 is 2.17 bits per heavy atom. The highest BCUT2D eigenvalue weighted by molar-refractivity contribution is 7.99. The number of methoxy groups -OCH3 is 1. The maximum absolute atomic E-state index is 12.3. The number of hydrogen-bond donors (Lipinski definition) is 0. The molecule has 1 saturated heterocycles. The predicted octanol–water partition coefficient (Wildman–Crippen LogP) is 3.10. The molecule has 0 bridgehead atoms. The molecule has 3 rings (SSSR count). The number of carbonyl (C=O) groups is 1. The molecule has 1 aromatic carbocycles. The number of hydrogen-bond acceptors (Lipinski definition) is 6. The largest absolute Gasteiger partial charge is 0.497 e. The van der Waals surface area contributed by atoms with Crippen LogP contribution in [-0.2, 0) is 4.79 Å². The van der Waals surface area contributed by atoms with E-state index in [1.54, 1.807) is 7.11 Å². The van der Waals surface area contributed by atoms with Crippen molar-refractivity contribution in [1.29, 1.82) is 0 Å². The number of benzene rings is 1. The zero-order valence-corrected chi connectivity index (χ0v) is 14.7. The molecule has 0 radical (unpaired) electrons. The predicted molar refractivity (Wildman–Crippen MR) is 92.0 cm³/mol. The van der Waals surface area contributed by atoms with Crippen LogP contribution in [0.1, 0.15) is 19.8 Å². The van der Waals surface area contributed by atoms with Gasteiger partial charge in [0.25, 0.3) is 5.22 Å². The maximum Gasteiger partial charge on any atom is 0.277 e. The van der Waals surface area contributed by atoms with Gasteiger partial charge in [0.05, 0.1) is 12.9 Å². The van der Waals surface area contributed by atoms with Crippen LogP contribution in [0.3, 0.4) is 0 Å². The van der Waals surface area contributed by atoms with Gasteiger partial charge < -0.3 is 14.1 Å². The summed E-state index contributed by atoms with van der Waals surface area (Å²) in [5, 5.41) is 8.47. The first-order chi connectivity index (χ1) is 11.7. The van der Waals surface area contributed by atoms with Crippen molar-refractivity contribution in [3.63, 3.8) is 0 Å². The van der Waals surface area contributed by atoms with E-state index in [1.807, 2.05) is 29.2 Å². The molecule has 0 aliphatic carbocycles. The van der Waals surface area contributed by atoms with E-state index in [2.05, 4.69) is 17.1 Å². The lowest BCUT2D eigenvalue weighted by Crippen LogP contribution is -2.40. The first-order valence-corrected chi connectivity index (χ1v) is 9.03. The molecule has 1 aliphatic heterocycles. The van der Waals surface area contributed by atoms with E-state index < -0.39 is 0 Å². The van der Waals surface area contributed by atoms with Gasteiger partial charge in [0, 0.05) is 18.7 Å². The van der Waals surface area contributed by atoms with Crippen molar-refractivity contribution in [3.05, 3.63) is 24.3 Å². The highest BCUT2D eigenvalue weighted by atomic mass is 32.2. The molecule has 0 unspecified atom stereocenters. The summed E-state index contributed by atoms with van der Waals surface area (Å²) in [6, 6.07) is 7.41. The van der Waals surface area contributed by atoms with E-state index in [1.165, 1.54) is 18.2 Å². The number of ether oxygens (including phenoxy) is 1. The first kappa shape index (κ1) is 16.8. The average molecular weight is 347 g/mol. The van der Waals surface area contributed by atoms with Gasteiger partial charge in [0.1, 0.15) is 5.75 Å². The quantitative estimate of drug-likeness (QED) is 0.774. The summed E-state index contributed by atoms with van der Waals surface area (Å²) in [7, 11) is 1.62. The summed E-state index contributed by atoms with van der Waals surface area (Å²) >= 11 is 1.29. The van der Waals surface area contributed by atoms with Crippen LogP contribution in [0.4, 0.5) is 0 Å². The molecular formula is C17H21N3O3S. The minimum absolute atomic E-state index is 0.135. The number of amides is 1. The van der Waals surface area contributed by atoms with Gasteiger partial charge in [-0.25, -0.2) is 0 Å². The SMILES string of the molecule is COc1ccc(-c2nnc(SCC(=O)N3CCC[C@@H](C)C3)o2)cc1. The Hall–Kier alpha value is -2.02. The number of rotatable bonds is 5. The molecule has 0 spiro atoms. The first-order valence-electron chi connectivity index (χ1n) is 8.04. The van der Waals surface area contributed by atoms with Crippen molar-refractivity contribution in [3.8, 4) is 17.2 Å². The van der Waals surface area contributed by atoms with Crippen molar-refractivity contribution >= 4 is 17.7 Å². The van der Waals surface area contributed by atoms with E-state index in [0.717, 1.165) is 30.8 Å². The molecule has 1 aromatic heterocycles. The number of carbonyl (C=O) groups excluding carboxylic acids is 1. The van der Waals surface area contributed by atoms with Gasteiger partial charge in [-0.3, -0.25) is 4.79 Å². The standard InChI is InChI=1S/C17H21N3O3S/c1-12-4-3-9-20(10-12)15(21)11-24-17-19-18-16(23-17)13-5-7-14(22-2)8-6-13/h5-8,12H,3-4,9-11H2,1-2H3/t12-/m1/s1. The molecule has 0 N–H and O–H groups in total. The minimum Gasteiger partial charge on any atom is -0.497 e. The maximum atomic E-state index is 12.3. The van der Waals surface area contributed by atoms with Crippen molar-refractivity contribution in [1.82, 2.24) is 15.1 Å². The highest BCUT2D eigenvalue weighted by Gasteiger charge is 2.21. The second-order valence-corrected chi connectivity index (χ2v) is 6.90. The summed E-state index contributed by atoms with van der Waals surface area (Å²) in [6.45, 7) is 3.89. The van der Waals surface area contributed by atoms with Crippen LogP contribution in [0.15, 0.2) is 33.9 Å². The minimum atomic E-state index is 0.135. The Morgan fingerprint density at radius 1 is 1.38 bits per heavy atom. The fraction of sp³-hybridized carbons (Fsp3) is 0.471. The van der Waals surface area contributed by atoms with Crippen LogP contribution in [0.25, 0.3) is 11.5 Å². The Bertz CT molecular complexity index is 687. The van der Waals surface area contributed by atoms with Crippen LogP contribution < -0.4 is 4.74 Å². The van der Waals surface area contributed by atoms with Gasteiger partial charge in [-0.1, -0.05) is 18.7 Å². The Morgan fingerprint density at radius 3 is 2.88 bits per heavy atom. The van der Waals surface area contributed by atoms with E-state index in [0.29, 0.717) is 22.8 Å². The van der Waals surface area contributed by atoms with Crippen LogP contribution in [0.5, 0.6) is 5.75 Å². The molecule has 2 aromatic rings. The molecule has 2 heterocycles. The van der Waals surface area contributed by atoms with Gasteiger partial charge in [-0.15, -0.1) is 10.2 Å². The van der Waals surface area contributed by atoms with E-state index in [-0.39, 0.29) is 5.91 Å². The zero-order valence-electron chi connectivity index (χ0n) is 13.9. The molecule has 24 heavy (non-hydrogen) atoms. The molecule has 6 nitrogen and oxygen atoms in total. The van der Waals surface area contributed by atoms with Gasteiger partial charge in [0.15, 0.2) is 0 Å². The lowest BCUT2D eigenvalue weighted by molar-refractivity contribution is -0.130. The van der Waals surface area contributed by atoms with Crippen molar-refractivity contribution in [2.45, 2.75) is 25.0 Å². The van der Waals surface area contributed by atoms with E-state index in [9.17, 15) is 4.79 Å². The van der Waals surface area contributed by atoms with Crippen LogP contribution in [0.2, 0.25) is 0 Å². The van der Waals surface area contributed by atoms with Crippen LogP contribution in [-0.4, -0.2) is 47.0 Å². The summed E-state index contributed by atoms with van der Waals surface area (Å²) in [5.74, 6) is 2.26. The molecule has 1 aliphatic rings. The molecular weight excluding hydrogens is 326 g/mol. The molecule has 1 amide bonds. The summed E-state index contributed by atoms with van der Waals surface area (Å²) in [6.07, 6.45) is 2.28. The van der Waals surface area contributed by atoms with E-state index >= 15 is 0 Å². The Labute approximate surface area is 145 Å². The molecule has 7 heteroatoms. The molecule has 1 fully saturated rings. The van der Waals surface area contributed by atoms with E-state index in [4.69, 9.17) is 9.15 Å². The Kier molecular flexibility index (Phi) is 5.40. The third-order valence-electron chi connectivity index (χ3n) is 4.07. The van der Waals surface area contributed by atoms with Crippen molar-refractivity contribution in [2.75, 3.05) is 26.0 Å². The zero-order chi connectivity index (χ0) is 16.9. The van der Waals surface area contributed by atoms with Crippen molar-refractivity contribution < 1.29 is 13.9 Å². The second kappa shape index (κ2) is 7.70. The van der Waals surface area contributed by atoms with Crippen LogP contribution >= 0.6 is 11.8 Å². The molecule has 128 valence electrons. The number of aromatic nitrogens is 2. The topological polar surface area (TPSA) is 68.5 Å². The van der Waals surface area contributed by atoms with Crippen molar-refractivity contribution in [2.24, 2.45) is 5.92 Å². The van der Waals surface area contributed by atoms with Gasteiger partial charge >= 0.3 is 0 Å². The van der Waals surface area contributed by atoms with Gasteiger partial charge in [0.2, 0.25) is 11.8 Å². The lowest BCUT2D eigenvalue weighted by atomic mass is 10.0. The number of thioether (sulfide) groups is 1. The molecule has 1 atom stereocenters. The number of nitrogens with zero attached hydrogens (tertiary/aromatic N) is 3. The second-order valence-electron chi connectivity index (χ2n) is 5.98. The van der Waals surface area contributed by atoms with Gasteiger partial charge in [-0.2, -0.15) is 0 Å². The Balaban J connectivity index is 1.56. The summed E-state index contributed by atoms with van der Waals surface area (Å²) in [5.41, 5.74) is 0.825. The normalized spacial score (nSPS) is 17.8. The lowest BCUT2D eigenvalue weighted by Gasteiger charge is -2.30. The van der Waals surface area contributed by atoms with Gasteiger partial charge in [-0.05, 0) is 43.0 Å². The average Bonchev–Trinajstić information content (AvgIpc) is 3.09. The summed E-state index contributed by atoms with van der Waals surface area (Å²) < 4.78 is 10.8. The highest BCUT2D eigenvalue weighted by Crippen LogP contribution is 2.25. The fourth-order valence-corrected chi connectivity index (χ4v) is 3.41. The number of piperidine rings is 1. The van der Waals surface area contributed by atoms with Crippen LogP contribution in [0, 0.1) is 5.92 Å². The summed E-state index contributed by atoms with van der Waals surface area (Å²) in [4.78, 5) is 14.2. The number of likely N-dealkylation sites (tertiary alicyclic amines) is 1. The third-order valence-corrected chi connectivity index (χ3v) is 4.88. The molecule has 0 saturated carbocycles. The fourth-order valence-electron chi connectivity index (χ4n) is 2.75. The smallest absolute Gasteiger partial charge is 0.277 e.